The number of halogens is 1. The molecule has 0 aliphatic heterocycles. The van der Waals surface area contributed by atoms with Gasteiger partial charge in [0.1, 0.15) is 5.78 Å². The summed E-state index contributed by atoms with van der Waals surface area (Å²) >= 11 is 7.66. The lowest BCUT2D eigenvalue weighted by atomic mass is 9.95. The van der Waals surface area contributed by atoms with Gasteiger partial charge < -0.3 is 0 Å². The van der Waals surface area contributed by atoms with Crippen molar-refractivity contribution in [2.24, 2.45) is 0 Å². The van der Waals surface area contributed by atoms with Crippen molar-refractivity contribution in [3.8, 4) is 11.3 Å². The number of Topliss-reactive ketones (excluding diaryl/α,β-unsaturated/α-hetero) is 1. The Labute approximate surface area is 170 Å². The first-order chi connectivity index (χ1) is 13.0. The van der Waals surface area contributed by atoms with Crippen molar-refractivity contribution in [1.82, 2.24) is 4.98 Å². The number of aryl methyl sites for hydroxylation is 3. The van der Waals surface area contributed by atoms with Gasteiger partial charge in [0.15, 0.2) is 0 Å². The van der Waals surface area contributed by atoms with Crippen molar-refractivity contribution in [1.29, 1.82) is 0 Å². The zero-order valence-electron chi connectivity index (χ0n) is 16.0. The third-order valence-electron chi connectivity index (χ3n) is 4.90. The quantitative estimate of drug-likeness (QED) is 0.450. The first kappa shape index (κ1) is 19.8. The summed E-state index contributed by atoms with van der Waals surface area (Å²) in [6.07, 6.45) is 2.92. The Balaban J connectivity index is 1.75. The van der Waals surface area contributed by atoms with Crippen LogP contribution < -0.4 is 0 Å². The maximum atomic E-state index is 11.6. The maximum absolute atomic E-state index is 11.6. The number of carbonyl (C=O) groups is 1. The monoisotopic (exact) mass is 397 g/mol. The van der Waals surface area contributed by atoms with Gasteiger partial charge in [-0.05, 0) is 54.7 Å². The Bertz CT molecular complexity index is 944. The molecule has 1 heterocycles. The number of rotatable bonds is 7. The minimum Gasteiger partial charge on any atom is -0.300 e. The molecule has 0 bridgehead atoms. The molecule has 2 nitrogen and oxygen atoms in total. The third kappa shape index (κ3) is 5.06. The predicted octanol–water partition coefficient (Wildman–Crippen LogP) is 6.58. The second-order valence-corrected chi connectivity index (χ2v) is 8.29. The highest BCUT2D eigenvalue weighted by Crippen LogP contribution is 2.26. The number of hydrogen-bond acceptors (Lipinski definition) is 3. The molecule has 0 N–H and O–H groups in total. The highest BCUT2D eigenvalue weighted by atomic mass is 35.5. The second kappa shape index (κ2) is 8.81. The molecule has 0 amide bonds. The summed E-state index contributed by atoms with van der Waals surface area (Å²) in [5.41, 5.74) is 7.19. The smallest absolute Gasteiger partial charge is 0.132 e. The van der Waals surface area contributed by atoms with E-state index >= 15 is 0 Å². The van der Waals surface area contributed by atoms with Gasteiger partial charge in [-0.1, -0.05) is 42.8 Å². The van der Waals surface area contributed by atoms with Crippen LogP contribution in [0.2, 0.25) is 5.02 Å². The van der Waals surface area contributed by atoms with Crippen molar-refractivity contribution in [3.63, 3.8) is 0 Å². The largest absolute Gasteiger partial charge is 0.300 e. The lowest BCUT2D eigenvalue weighted by molar-refractivity contribution is -0.118. The van der Waals surface area contributed by atoms with E-state index in [9.17, 15) is 4.79 Å². The molecule has 3 aromatic rings. The van der Waals surface area contributed by atoms with Crippen LogP contribution in [0.1, 0.15) is 47.0 Å². The molecule has 0 fully saturated rings. The van der Waals surface area contributed by atoms with E-state index in [4.69, 9.17) is 16.6 Å². The average Bonchev–Trinajstić information content (AvgIpc) is 3.12. The van der Waals surface area contributed by atoms with Crippen LogP contribution in [0.25, 0.3) is 11.3 Å². The Morgan fingerprint density at radius 2 is 1.74 bits per heavy atom. The topological polar surface area (TPSA) is 30.0 Å². The summed E-state index contributed by atoms with van der Waals surface area (Å²) in [5.74, 6) is 0.327. The van der Waals surface area contributed by atoms with E-state index in [1.807, 2.05) is 31.2 Å². The molecule has 4 heteroatoms. The first-order valence-corrected chi connectivity index (χ1v) is 10.5. The van der Waals surface area contributed by atoms with Crippen molar-refractivity contribution in [3.05, 3.63) is 74.1 Å². The number of ketones is 1. The summed E-state index contributed by atoms with van der Waals surface area (Å²) in [6, 6.07) is 12.3. The molecule has 3 rings (SSSR count). The molecule has 27 heavy (non-hydrogen) atoms. The Morgan fingerprint density at radius 3 is 2.44 bits per heavy atom. The fourth-order valence-electron chi connectivity index (χ4n) is 3.15. The van der Waals surface area contributed by atoms with E-state index in [0.29, 0.717) is 18.6 Å². The summed E-state index contributed by atoms with van der Waals surface area (Å²) in [4.78, 5) is 16.4. The van der Waals surface area contributed by atoms with Gasteiger partial charge in [-0.15, -0.1) is 11.3 Å². The van der Waals surface area contributed by atoms with E-state index in [1.165, 1.54) is 22.3 Å². The minimum absolute atomic E-state index is 0.327. The Hall–Kier alpha value is -1.97. The van der Waals surface area contributed by atoms with Crippen molar-refractivity contribution >= 4 is 28.7 Å². The molecule has 0 aliphatic carbocycles. The van der Waals surface area contributed by atoms with Crippen LogP contribution in [0.3, 0.4) is 0 Å². The summed E-state index contributed by atoms with van der Waals surface area (Å²) in [6.45, 7) is 6.21. The summed E-state index contributed by atoms with van der Waals surface area (Å²) in [7, 11) is 0. The van der Waals surface area contributed by atoms with Crippen LogP contribution in [0.15, 0.2) is 41.8 Å². The first-order valence-electron chi connectivity index (χ1n) is 9.27. The average molecular weight is 398 g/mol. The third-order valence-corrected chi connectivity index (χ3v) is 6.00. The fourth-order valence-corrected chi connectivity index (χ4v) is 4.11. The number of hydrogen-bond donors (Lipinski definition) is 0. The van der Waals surface area contributed by atoms with E-state index in [0.717, 1.165) is 34.1 Å². The van der Waals surface area contributed by atoms with Gasteiger partial charge in [-0.25, -0.2) is 4.98 Å². The Morgan fingerprint density at radius 1 is 1.07 bits per heavy atom. The van der Waals surface area contributed by atoms with Gasteiger partial charge in [-0.3, -0.25) is 4.79 Å². The highest BCUT2D eigenvalue weighted by Gasteiger charge is 2.10. The minimum atomic E-state index is 0.327. The standard InChI is InChI=1S/C23H24ClNOS/c1-4-21(26)10-7-18-11-16(3)19(12-15(18)2)13-23-25-22(14-27-23)17-5-8-20(24)9-6-17/h5-6,8-9,11-12,14H,4,7,10,13H2,1-3H3. The fraction of sp³-hybridized carbons (Fsp3) is 0.304. The van der Waals surface area contributed by atoms with Crippen LogP contribution >= 0.6 is 22.9 Å². The zero-order valence-corrected chi connectivity index (χ0v) is 17.6. The lowest BCUT2D eigenvalue weighted by Gasteiger charge is -2.11. The second-order valence-electron chi connectivity index (χ2n) is 6.91. The predicted molar refractivity (Wildman–Crippen MR) is 115 cm³/mol. The van der Waals surface area contributed by atoms with Gasteiger partial charge in [-0.2, -0.15) is 0 Å². The molecule has 0 atom stereocenters. The molecule has 0 spiro atoms. The van der Waals surface area contributed by atoms with Gasteiger partial charge in [0, 0.05) is 35.2 Å². The number of aromatic nitrogens is 1. The highest BCUT2D eigenvalue weighted by molar-refractivity contribution is 7.10. The van der Waals surface area contributed by atoms with E-state index in [2.05, 4.69) is 31.4 Å². The maximum Gasteiger partial charge on any atom is 0.132 e. The summed E-state index contributed by atoms with van der Waals surface area (Å²) < 4.78 is 0. The van der Waals surface area contributed by atoms with E-state index in [-0.39, 0.29) is 0 Å². The normalized spacial score (nSPS) is 11.0. The molecular weight excluding hydrogens is 374 g/mol. The number of thiazole rings is 1. The van der Waals surface area contributed by atoms with Crippen LogP contribution in [0, 0.1) is 13.8 Å². The van der Waals surface area contributed by atoms with E-state index < -0.39 is 0 Å². The summed E-state index contributed by atoms with van der Waals surface area (Å²) in [5, 5.41) is 3.95. The van der Waals surface area contributed by atoms with Crippen LogP contribution in [0.5, 0.6) is 0 Å². The van der Waals surface area contributed by atoms with Gasteiger partial charge in [0.2, 0.25) is 0 Å². The van der Waals surface area contributed by atoms with Crippen molar-refractivity contribution in [2.75, 3.05) is 0 Å². The molecular formula is C23H24ClNOS. The molecule has 0 aliphatic rings. The molecule has 140 valence electrons. The number of nitrogens with zero attached hydrogens (tertiary/aromatic N) is 1. The lowest BCUT2D eigenvalue weighted by Crippen LogP contribution is -2.01. The van der Waals surface area contributed by atoms with Crippen molar-refractivity contribution < 1.29 is 4.79 Å². The van der Waals surface area contributed by atoms with Gasteiger partial charge in [0.05, 0.1) is 10.7 Å². The zero-order chi connectivity index (χ0) is 19.4. The van der Waals surface area contributed by atoms with Crippen molar-refractivity contribution in [2.45, 2.75) is 46.5 Å². The molecule has 0 saturated heterocycles. The van der Waals surface area contributed by atoms with Crippen LogP contribution in [-0.4, -0.2) is 10.8 Å². The van der Waals surface area contributed by atoms with Gasteiger partial charge in [0.25, 0.3) is 0 Å². The SMILES string of the molecule is CCC(=O)CCc1cc(C)c(Cc2nc(-c3ccc(Cl)cc3)cs2)cc1C. The molecule has 1 aromatic heterocycles. The number of benzene rings is 2. The molecule has 0 unspecified atom stereocenters. The number of carbonyl (C=O) groups excluding carboxylic acids is 1. The van der Waals surface area contributed by atoms with Crippen LogP contribution in [0.4, 0.5) is 0 Å². The molecule has 0 radical (unpaired) electrons. The molecule has 2 aromatic carbocycles. The van der Waals surface area contributed by atoms with Crippen LogP contribution in [-0.2, 0) is 17.6 Å². The molecule has 0 saturated carbocycles. The Kier molecular flexibility index (Phi) is 6.46. The van der Waals surface area contributed by atoms with E-state index in [1.54, 1.807) is 11.3 Å². The van der Waals surface area contributed by atoms with Gasteiger partial charge >= 0.3 is 0 Å².